The second-order valence-corrected chi connectivity index (χ2v) is 5.36. The standard InChI is InChI=1S/C16H20ClNO2/c1-10-7-15(12(3)20-10)11(2)18-9-13-8-14(17)5-6-16(13)19-4/h5-8,11,18H,9H2,1-4H3. The maximum atomic E-state index is 6.04. The van der Waals surface area contributed by atoms with Gasteiger partial charge in [0.2, 0.25) is 0 Å². The van der Waals surface area contributed by atoms with Crippen LogP contribution >= 0.6 is 11.6 Å². The molecule has 0 radical (unpaired) electrons. The quantitative estimate of drug-likeness (QED) is 0.887. The van der Waals surface area contributed by atoms with E-state index in [1.807, 2.05) is 32.0 Å². The van der Waals surface area contributed by atoms with Crippen molar-refractivity contribution in [2.75, 3.05) is 7.11 Å². The molecule has 4 heteroatoms. The van der Waals surface area contributed by atoms with Gasteiger partial charge in [-0.05, 0) is 45.0 Å². The highest BCUT2D eigenvalue weighted by molar-refractivity contribution is 6.30. The summed E-state index contributed by atoms with van der Waals surface area (Å²) < 4.78 is 10.9. The third kappa shape index (κ3) is 3.35. The van der Waals surface area contributed by atoms with E-state index in [2.05, 4.69) is 18.3 Å². The predicted octanol–water partition coefficient (Wildman–Crippen LogP) is 4.41. The van der Waals surface area contributed by atoms with Gasteiger partial charge >= 0.3 is 0 Å². The molecule has 0 aliphatic rings. The summed E-state index contributed by atoms with van der Waals surface area (Å²) in [6, 6.07) is 7.92. The molecular weight excluding hydrogens is 274 g/mol. The van der Waals surface area contributed by atoms with Crippen molar-refractivity contribution in [3.8, 4) is 5.75 Å². The highest BCUT2D eigenvalue weighted by atomic mass is 35.5. The fourth-order valence-electron chi connectivity index (χ4n) is 2.34. The number of aryl methyl sites for hydroxylation is 2. The van der Waals surface area contributed by atoms with Gasteiger partial charge in [-0.2, -0.15) is 0 Å². The molecule has 0 saturated carbocycles. The molecule has 0 saturated heterocycles. The van der Waals surface area contributed by atoms with Crippen LogP contribution in [0.4, 0.5) is 0 Å². The average Bonchev–Trinajstić information content (AvgIpc) is 2.75. The van der Waals surface area contributed by atoms with Crippen LogP contribution in [0.3, 0.4) is 0 Å². The maximum Gasteiger partial charge on any atom is 0.123 e. The molecule has 1 heterocycles. The first kappa shape index (κ1) is 14.9. The number of rotatable bonds is 5. The molecule has 1 atom stereocenters. The monoisotopic (exact) mass is 293 g/mol. The summed E-state index contributed by atoms with van der Waals surface area (Å²) in [4.78, 5) is 0. The van der Waals surface area contributed by atoms with Crippen LogP contribution in [0.25, 0.3) is 0 Å². The lowest BCUT2D eigenvalue weighted by molar-refractivity contribution is 0.406. The number of ether oxygens (including phenoxy) is 1. The summed E-state index contributed by atoms with van der Waals surface area (Å²) >= 11 is 6.04. The summed E-state index contributed by atoms with van der Waals surface area (Å²) in [7, 11) is 1.67. The molecule has 108 valence electrons. The Morgan fingerprint density at radius 3 is 2.65 bits per heavy atom. The van der Waals surface area contributed by atoms with Gasteiger partial charge < -0.3 is 14.5 Å². The largest absolute Gasteiger partial charge is 0.496 e. The van der Waals surface area contributed by atoms with E-state index in [-0.39, 0.29) is 6.04 Å². The second kappa shape index (κ2) is 6.33. The van der Waals surface area contributed by atoms with E-state index in [0.29, 0.717) is 11.6 Å². The zero-order valence-electron chi connectivity index (χ0n) is 12.3. The van der Waals surface area contributed by atoms with E-state index < -0.39 is 0 Å². The van der Waals surface area contributed by atoms with E-state index in [0.717, 1.165) is 22.8 Å². The zero-order valence-corrected chi connectivity index (χ0v) is 13.0. The van der Waals surface area contributed by atoms with E-state index in [4.69, 9.17) is 20.8 Å². The number of hydrogen-bond donors (Lipinski definition) is 1. The van der Waals surface area contributed by atoms with Gasteiger partial charge in [0, 0.05) is 28.7 Å². The van der Waals surface area contributed by atoms with Crippen molar-refractivity contribution in [2.45, 2.75) is 33.4 Å². The molecule has 0 spiro atoms. The third-order valence-electron chi connectivity index (χ3n) is 3.39. The lowest BCUT2D eigenvalue weighted by Gasteiger charge is -2.15. The molecular formula is C16H20ClNO2. The smallest absolute Gasteiger partial charge is 0.123 e. The Bertz CT molecular complexity index is 592. The minimum Gasteiger partial charge on any atom is -0.496 e. The Kier molecular flexibility index (Phi) is 4.73. The molecule has 1 N–H and O–H groups in total. The maximum absolute atomic E-state index is 6.04. The number of hydrogen-bond acceptors (Lipinski definition) is 3. The van der Waals surface area contributed by atoms with Gasteiger partial charge in [0.15, 0.2) is 0 Å². The Labute approximate surface area is 124 Å². The Balaban J connectivity index is 2.08. The van der Waals surface area contributed by atoms with Crippen LogP contribution in [0, 0.1) is 13.8 Å². The minimum atomic E-state index is 0.205. The Morgan fingerprint density at radius 2 is 2.05 bits per heavy atom. The van der Waals surface area contributed by atoms with Crippen LogP contribution in [-0.2, 0) is 6.54 Å². The number of nitrogens with one attached hydrogen (secondary N) is 1. The first-order chi connectivity index (χ1) is 9.51. The van der Waals surface area contributed by atoms with Crippen LogP contribution in [0.1, 0.15) is 35.6 Å². The highest BCUT2D eigenvalue weighted by Gasteiger charge is 2.13. The normalized spacial score (nSPS) is 12.4. The zero-order chi connectivity index (χ0) is 14.7. The summed E-state index contributed by atoms with van der Waals surface area (Å²) in [5, 5.41) is 4.19. The molecule has 1 aromatic heterocycles. The van der Waals surface area contributed by atoms with Crippen molar-refractivity contribution < 1.29 is 9.15 Å². The summed E-state index contributed by atoms with van der Waals surface area (Å²) in [5.74, 6) is 2.74. The molecule has 0 amide bonds. The Hall–Kier alpha value is -1.45. The van der Waals surface area contributed by atoms with Gasteiger partial charge in [-0.25, -0.2) is 0 Å². The fraction of sp³-hybridized carbons (Fsp3) is 0.375. The van der Waals surface area contributed by atoms with Crippen LogP contribution in [-0.4, -0.2) is 7.11 Å². The van der Waals surface area contributed by atoms with Crippen molar-refractivity contribution in [1.82, 2.24) is 5.32 Å². The number of benzene rings is 1. The van der Waals surface area contributed by atoms with Crippen molar-refractivity contribution in [2.24, 2.45) is 0 Å². The molecule has 20 heavy (non-hydrogen) atoms. The molecule has 1 aromatic carbocycles. The van der Waals surface area contributed by atoms with E-state index in [1.165, 1.54) is 5.56 Å². The molecule has 1 unspecified atom stereocenters. The van der Waals surface area contributed by atoms with Crippen molar-refractivity contribution in [3.05, 3.63) is 51.9 Å². The highest BCUT2D eigenvalue weighted by Crippen LogP contribution is 2.25. The van der Waals surface area contributed by atoms with Gasteiger partial charge in [-0.15, -0.1) is 0 Å². The van der Waals surface area contributed by atoms with E-state index >= 15 is 0 Å². The summed E-state index contributed by atoms with van der Waals surface area (Å²) in [6.07, 6.45) is 0. The van der Waals surface area contributed by atoms with Gasteiger partial charge in [0.1, 0.15) is 17.3 Å². The van der Waals surface area contributed by atoms with Gasteiger partial charge in [-0.1, -0.05) is 11.6 Å². The lowest BCUT2D eigenvalue weighted by atomic mass is 10.1. The van der Waals surface area contributed by atoms with Crippen molar-refractivity contribution >= 4 is 11.6 Å². The van der Waals surface area contributed by atoms with Crippen molar-refractivity contribution in [3.63, 3.8) is 0 Å². The van der Waals surface area contributed by atoms with Gasteiger partial charge in [0.05, 0.1) is 7.11 Å². The molecule has 0 aliphatic heterocycles. The van der Waals surface area contributed by atoms with Gasteiger partial charge in [-0.3, -0.25) is 0 Å². The number of halogens is 1. The van der Waals surface area contributed by atoms with Crippen LogP contribution in [0.2, 0.25) is 5.02 Å². The molecule has 2 rings (SSSR count). The molecule has 0 aliphatic carbocycles. The second-order valence-electron chi connectivity index (χ2n) is 4.93. The molecule has 0 fully saturated rings. The van der Waals surface area contributed by atoms with E-state index in [9.17, 15) is 0 Å². The lowest BCUT2D eigenvalue weighted by Crippen LogP contribution is -2.18. The molecule has 2 aromatic rings. The third-order valence-corrected chi connectivity index (χ3v) is 3.62. The number of methoxy groups -OCH3 is 1. The predicted molar refractivity (Wildman–Crippen MR) is 81.4 cm³/mol. The van der Waals surface area contributed by atoms with Crippen LogP contribution in [0.5, 0.6) is 5.75 Å². The fourth-order valence-corrected chi connectivity index (χ4v) is 2.53. The summed E-state index contributed by atoms with van der Waals surface area (Å²) in [6.45, 7) is 6.76. The van der Waals surface area contributed by atoms with Crippen molar-refractivity contribution in [1.29, 1.82) is 0 Å². The van der Waals surface area contributed by atoms with Gasteiger partial charge in [0.25, 0.3) is 0 Å². The van der Waals surface area contributed by atoms with Crippen LogP contribution < -0.4 is 10.1 Å². The Morgan fingerprint density at radius 1 is 1.30 bits per heavy atom. The summed E-state index contributed by atoms with van der Waals surface area (Å²) in [5.41, 5.74) is 2.23. The van der Waals surface area contributed by atoms with E-state index in [1.54, 1.807) is 7.11 Å². The topological polar surface area (TPSA) is 34.4 Å². The molecule has 3 nitrogen and oxygen atoms in total. The average molecular weight is 294 g/mol. The first-order valence-electron chi connectivity index (χ1n) is 6.64. The minimum absolute atomic E-state index is 0.205. The first-order valence-corrected chi connectivity index (χ1v) is 7.01. The molecule has 0 bridgehead atoms. The number of furan rings is 1. The SMILES string of the molecule is COc1ccc(Cl)cc1CNC(C)c1cc(C)oc1C. The van der Waals surface area contributed by atoms with Crippen LogP contribution in [0.15, 0.2) is 28.7 Å².